The number of allylic oxidation sites excluding steroid dienone is 1. The summed E-state index contributed by atoms with van der Waals surface area (Å²) in [6.07, 6.45) is 2.67. The van der Waals surface area contributed by atoms with Gasteiger partial charge in [-0.2, -0.15) is 0 Å². The van der Waals surface area contributed by atoms with Gasteiger partial charge in [0, 0.05) is 19.0 Å². The molecule has 1 aromatic rings. The lowest BCUT2D eigenvalue weighted by Gasteiger charge is -2.30. The Hall–Kier alpha value is -2.14. The molecule has 0 heterocycles. The summed E-state index contributed by atoms with van der Waals surface area (Å²) in [5.41, 5.74) is 1.89. The fraction of sp³-hybridized carbons (Fsp3) is 0.375. The van der Waals surface area contributed by atoms with Crippen molar-refractivity contribution in [3.05, 3.63) is 47.5 Å². The van der Waals surface area contributed by atoms with E-state index < -0.39 is 0 Å². The van der Waals surface area contributed by atoms with Crippen LogP contribution in [0.3, 0.4) is 0 Å². The maximum atomic E-state index is 11.8. The van der Waals surface area contributed by atoms with E-state index >= 15 is 0 Å². The van der Waals surface area contributed by atoms with Crippen molar-refractivity contribution < 1.29 is 19.2 Å². The van der Waals surface area contributed by atoms with Gasteiger partial charge in [0.1, 0.15) is 6.61 Å². The summed E-state index contributed by atoms with van der Waals surface area (Å²) >= 11 is 0. The van der Waals surface area contributed by atoms with Gasteiger partial charge in [0.25, 0.3) is 0 Å². The van der Waals surface area contributed by atoms with Gasteiger partial charge in [-0.25, -0.2) is 9.86 Å². The number of esters is 1. The van der Waals surface area contributed by atoms with Crippen molar-refractivity contribution in [2.45, 2.75) is 19.4 Å². The summed E-state index contributed by atoms with van der Waals surface area (Å²) in [5.74, 6) is -0.518. The van der Waals surface area contributed by atoms with E-state index in [0.29, 0.717) is 12.8 Å². The van der Waals surface area contributed by atoms with Gasteiger partial charge in [-0.1, -0.05) is 35.9 Å². The van der Waals surface area contributed by atoms with Crippen molar-refractivity contribution in [1.29, 1.82) is 0 Å². The highest BCUT2D eigenvalue weighted by atomic mass is 16.7. The second-order valence-corrected chi connectivity index (χ2v) is 5.02. The molecule has 1 aliphatic carbocycles. The van der Waals surface area contributed by atoms with Crippen molar-refractivity contribution in [2.75, 3.05) is 14.2 Å². The second kappa shape index (κ2) is 7.04. The molecule has 1 amide bonds. The van der Waals surface area contributed by atoms with E-state index in [9.17, 15) is 9.59 Å². The SMILES string of the molecule is CON(C)C(=O)C1CC(=CC(=O)OCc2ccccc2)C1. The Balaban J connectivity index is 1.75. The third-order valence-electron chi connectivity index (χ3n) is 3.50. The first kappa shape index (κ1) is 15.3. The standard InChI is InChI=1S/C16H19NO4/c1-17(20-2)16(19)14-8-13(9-14)10-15(18)21-11-12-6-4-3-5-7-12/h3-7,10,14H,8-9,11H2,1-2H3. The molecule has 1 aromatic carbocycles. The van der Waals surface area contributed by atoms with Crippen molar-refractivity contribution in [1.82, 2.24) is 5.06 Å². The predicted molar refractivity (Wildman–Crippen MR) is 76.8 cm³/mol. The Kier molecular flexibility index (Phi) is 5.11. The lowest BCUT2D eigenvalue weighted by atomic mass is 9.79. The minimum absolute atomic E-state index is 0.0627. The van der Waals surface area contributed by atoms with E-state index in [0.717, 1.165) is 11.1 Å². The molecule has 0 N–H and O–H groups in total. The monoisotopic (exact) mass is 289 g/mol. The quantitative estimate of drug-likeness (QED) is 0.473. The average Bonchev–Trinajstić information content (AvgIpc) is 2.48. The Morgan fingerprint density at radius 1 is 1.29 bits per heavy atom. The van der Waals surface area contributed by atoms with Gasteiger partial charge >= 0.3 is 5.97 Å². The fourth-order valence-electron chi connectivity index (χ4n) is 2.15. The van der Waals surface area contributed by atoms with E-state index in [4.69, 9.17) is 9.57 Å². The minimum atomic E-state index is -0.361. The molecule has 0 aliphatic heterocycles. The second-order valence-electron chi connectivity index (χ2n) is 5.02. The Labute approximate surface area is 124 Å². The number of carbonyl (C=O) groups excluding carboxylic acids is 2. The van der Waals surface area contributed by atoms with Crippen molar-refractivity contribution in [2.24, 2.45) is 5.92 Å². The molecule has 0 unspecified atom stereocenters. The highest BCUT2D eigenvalue weighted by Gasteiger charge is 2.32. The molecule has 21 heavy (non-hydrogen) atoms. The number of hydrogen-bond acceptors (Lipinski definition) is 4. The molecule has 0 spiro atoms. The zero-order valence-electron chi connectivity index (χ0n) is 12.2. The van der Waals surface area contributed by atoms with Crippen LogP contribution in [0.5, 0.6) is 0 Å². The van der Waals surface area contributed by atoms with Gasteiger partial charge in [-0.15, -0.1) is 0 Å². The van der Waals surface area contributed by atoms with Crippen LogP contribution in [0.1, 0.15) is 18.4 Å². The first-order chi connectivity index (χ1) is 10.1. The molecule has 0 bridgehead atoms. The summed E-state index contributed by atoms with van der Waals surface area (Å²) in [6.45, 7) is 0.262. The highest BCUT2D eigenvalue weighted by molar-refractivity contribution is 5.85. The Morgan fingerprint density at radius 3 is 2.57 bits per heavy atom. The summed E-state index contributed by atoms with van der Waals surface area (Å²) in [5, 5.41) is 1.22. The molecule has 1 saturated carbocycles. The molecular formula is C16H19NO4. The van der Waals surface area contributed by atoms with Crippen LogP contribution < -0.4 is 0 Å². The van der Waals surface area contributed by atoms with Gasteiger partial charge in [0.05, 0.1) is 7.11 Å². The minimum Gasteiger partial charge on any atom is -0.458 e. The lowest BCUT2D eigenvalue weighted by Crippen LogP contribution is -2.36. The predicted octanol–water partition coefficient (Wildman–Crippen LogP) is 2.09. The third kappa shape index (κ3) is 4.16. The van der Waals surface area contributed by atoms with Crippen LogP contribution in [0.2, 0.25) is 0 Å². The topological polar surface area (TPSA) is 55.8 Å². The smallest absolute Gasteiger partial charge is 0.331 e. The van der Waals surface area contributed by atoms with Crippen LogP contribution >= 0.6 is 0 Å². The summed E-state index contributed by atoms with van der Waals surface area (Å²) in [6, 6.07) is 9.51. The van der Waals surface area contributed by atoms with Crippen LogP contribution in [0.4, 0.5) is 0 Å². The molecular weight excluding hydrogens is 270 g/mol. The van der Waals surface area contributed by atoms with Crippen molar-refractivity contribution in [3.63, 3.8) is 0 Å². The van der Waals surface area contributed by atoms with Gasteiger partial charge < -0.3 is 4.74 Å². The zero-order chi connectivity index (χ0) is 15.2. The van der Waals surface area contributed by atoms with Crippen LogP contribution in [0, 0.1) is 5.92 Å². The molecule has 0 saturated heterocycles. The van der Waals surface area contributed by atoms with Crippen LogP contribution in [-0.4, -0.2) is 31.1 Å². The molecule has 1 fully saturated rings. The zero-order valence-corrected chi connectivity index (χ0v) is 12.2. The molecule has 0 aromatic heterocycles. The van der Waals surface area contributed by atoms with Crippen LogP contribution in [0.25, 0.3) is 0 Å². The van der Waals surface area contributed by atoms with Crippen LogP contribution in [0.15, 0.2) is 42.0 Å². The lowest BCUT2D eigenvalue weighted by molar-refractivity contribution is -0.174. The number of rotatable bonds is 5. The normalized spacial score (nSPS) is 16.9. The van der Waals surface area contributed by atoms with Gasteiger partial charge in [0.15, 0.2) is 0 Å². The maximum Gasteiger partial charge on any atom is 0.331 e. The summed E-state index contributed by atoms with van der Waals surface area (Å²) < 4.78 is 5.16. The largest absolute Gasteiger partial charge is 0.458 e. The van der Waals surface area contributed by atoms with Crippen molar-refractivity contribution in [3.8, 4) is 0 Å². The molecule has 0 atom stereocenters. The van der Waals surface area contributed by atoms with E-state index in [2.05, 4.69) is 0 Å². The Morgan fingerprint density at radius 2 is 1.95 bits per heavy atom. The number of hydroxylamine groups is 2. The highest BCUT2D eigenvalue weighted by Crippen LogP contribution is 2.34. The molecule has 112 valence electrons. The number of carbonyl (C=O) groups is 2. The number of amides is 1. The molecule has 5 heteroatoms. The van der Waals surface area contributed by atoms with E-state index in [1.807, 2.05) is 30.3 Å². The Bertz CT molecular complexity index is 530. The van der Waals surface area contributed by atoms with E-state index in [1.165, 1.54) is 18.2 Å². The van der Waals surface area contributed by atoms with Crippen LogP contribution in [-0.2, 0) is 25.8 Å². The van der Waals surface area contributed by atoms with Gasteiger partial charge in [0.2, 0.25) is 5.91 Å². The molecule has 0 radical (unpaired) electrons. The molecule has 2 rings (SSSR count). The van der Waals surface area contributed by atoms with Gasteiger partial charge in [-0.05, 0) is 18.4 Å². The molecule has 5 nitrogen and oxygen atoms in total. The fourth-order valence-corrected chi connectivity index (χ4v) is 2.15. The number of hydrogen-bond donors (Lipinski definition) is 0. The molecule has 1 aliphatic rings. The van der Waals surface area contributed by atoms with E-state index in [1.54, 1.807) is 7.05 Å². The third-order valence-corrected chi connectivity index (χ3v) is 3.50. The first-order valence-corrected chi connectivity index (χ1v) is 6.82. The average molecular weight is 289 g/mol. The summed E-state index contributed by atoms with van der Waals surface area (Å²) in [7, 11) is 3.03. The van der Waals surface area contributed by atoms with E-state index in [-0.39, 0.29) is 24.4 Å². The number of benzene rings is 1. The summed E-state index contributed by atoms with van der Waals surface area (Å²) in [4.78, 5) is 28.3. The number of nitrogens with zero attached hydrogens (tertiary/aromatic N) is 1. The number of ether oxygens (including phenoxy) is 1. The van der Waals surface area contributed by atoms with Crippen molar-refractivity contribution >= 4 is 11.9 Å². The maximum absolute atomic E-state index is 11.8. The first-order valence-electron chi connectivity index (χ1n) is 6.82. The van der Waals surface area contributed by atoms with Gasteiger partial charge in [-0.3, -0.25) is 9.63 Å².